The van der Waals surface area contributed by atoms with Crippen LogP contribution in [0.1, 0.15) is 5.56 Å². The van der Waals surface area contributed by atoms with Gasteiger partial charge in [-0.05, 0) is 23.8 Å². The van der Waals surface area contributed by atoms with Gasteiger partial charge in [-0.25, -0.2) is 9.97 Å². The summed E-state index contributed by atoms with van der Waals surface area (Å²) in [6, 6.07) is 14.6. The van der Waals surface area contributed by atoms with E-state index in [0.29, 0.717) is 26.8 Å². The average Bonchev–Trinajstić information content (AvgIpc) is 2.85. The van der Waals surface area contributed by atoms with Crippen LogP contribution in [0.5, 0.6) is 0 Å². The van der Waals surface area contributed by atoms with Gasteiger partial charge in [0.15, 0.2) is 11.5 Å². The van der Waals surface area contributed by atoms with Crippen LogP contribution in [-0.2, 0) is 11.3 Å². The molecule has 1 saturated heterocycles. The average molecular weight is 512 g/mol. The predicted octanol–water partition coefficient (Wildman–Crippen LogP) is 3.91. The summed E-state index contributed by atoms with van der Waals surface area (Å²) in [5.74, 6) is 0.597. The van der Waals surface area contributed by atoms with Crippen LogP contribution >= 0.6 is 23.2 Å². The Morgan fingerprint density at radius 1 is 1.06 bits per heavy atom. The second kappa shape index (κ2) is 9.83. The van der Waals surface area contributed by atoms with Gasteiger partial charge in [0, 0.05) is 30.8 Å². The van der Waals surface area contributed by atoms with Crippen molar-refractivity contribution in [3.8, 4) is 22.5 Å². The Morgan fingerprint density at radius 2 is 1.74 bits per heavy atom. The number of fused-ring (bicyclic) bond motifs is 1. The Kier molecular flexibility index (Phi) is 6.62. The topological polar surface area (TPSA) is 95.5 Å². The molecule has 4 aromatic rings. The van der Waals surface area contributed by atoms with E-state index in [1.807, 2.05) is 24.3 Å². The lowest BCUT2D eigenvalue weighted by Gasteiger charge is -2.26. The third-order valence-electron chi connectivity index (χ3n) is 5.99. The van der Waals surface area contributed by atoms with Crippen molar-refractivity contribution in [1.29, 1.82) is 0 Å². The first-order valence-corrected chi connectivity index (χ1v) is 11.8. The molecule has 0 radical (unpaired) electrons. The van der Waals surface area contributed by atoms with Crippen molar-refractivity contribution in [3.63, 3.8) is 0 Å². The quantitative estimate of drug-likeness (QED) is 0.433. The lowest BCUT2D eigenvalue weighted by Crippen LogP contribution is -2.35. The van der Waals surface area contributed by atoms with Gasteiger partial charge >= 0.3 is 0 Å². The van der Waals surface area contributed by atoms with E-state index < -0.39 is 5.56 Å². The molecular weight excluding hydrogens is 489 g/mol. The van der Waals surface area contributed by atoms with Crippen molar-refractivity contribution in [1.82, 2.24) is 19.6 Å². The van der Waals surface area contributed by atoms with E-state index in [1.54, 1.807) is 24.3 Å². The molecule has 3 heterocycles. The van der Waals surface area contributed by atoms with Gasteiger partial charge in [-0.15, -0.1) is 4.73 Å². The Morgan fingerprint density at radius 3 is 2.40 bits per heavy atom. The van der Waals surface area contributed by atoms with Gasteiger partial charge in [-0.2, -0.15) is 0 Å². The van der Waals surface area contributed by atoms with Crippen molar-refractivity contribution < 1.29 is 9.57 Å². The standard InChI is InChI=1S/C25H23Cl2N5O3/c1-34-32-24-18(13-17(25(32)33)21-19(26)3-2-4-20(21)27)22(28)29-23(30-24)16-7-5-15(6-8-16)14-31-9-11-35-12-10-31/h2-8,13H,9-12,14H2,1H3,(H2,28,29,30). The van der Waals surface area contributed by atoms with Gasteiger partial charge in [-0.1, -0.05) is 53.5 Å². The number of aromatic nitrogens is 3. The van der Waals surface area contributed by atoms with E-state index in [1.165, 1.54) is 12.7 Å². The van der Waals surface area contributed by atoms with Crippen LogP contribution < -0.4 is 16.1 Å². The number of nitrogen functional groups attached to an aromatic ring is 1. The number of morpholine rings is 1. The molecule has 0 amide bonds. The Labute approximate surface area is 211 Å². The van der Waals surface area contributed by atoms with Gasteiger partial charge in [0.25, 0.3) is 5.56 Å². The number of hydrogen-bond donors (Lipinski definition) is 1. The number of anilines is 1. The van der Waals surface area contributed by atoms with Crippen LogP contribution in [0, 0.1) is 0 Å². The van der Waals surface area contributed by atoms with Gasteiger partial charge in [0.05, 0.1) is 34.2 Å². The van der Waals surface area contributed by atoms with Gasteiger partial charge in [-0.3, -0.25) is 9.69 Å². The second-order valence-corrected chi connectivity index (χ2v) is 9.01. The molecule has 180 valence electrons. The summed E-state index contributed by atoms with van der Waals surface area (Å²) in [4.78, 5) is 30.2. The lowest BCUT2D eigenvalue weighted by molar-refractivity contribution is 0.0342. The van der Waals surface area contributed by atoms with Crippen LogP contribution in [0.4, 0.5) is 5.82 Å². The first kappa shape index (κ1) is 23.6. The number of halogens is 2. The number of pyridine rings is 1. The maximum atomic E-state index is 13.3. The summed E-state index contributed by atoms with van der Waals surface area (Å²) in [6.07, 6.45) is 0. The zero-order valence-electron chi connectivity index (χ0n) is 19.0. The van der Waals surface area contributed by atoms with Crippen LogP contribution in [0.25, 0.3) is 33.5 Å². The summed E-state index contributed by atoms with van der Waals surface area (Å²) in [6.45, 7) is 4.20. The largest absolute Gasteiger partial charge is 0.412 e. The maximum Gasteiger partial charge on any atom is 0.293 e. The number of hydrogen-bond acceptors (Lipinski definition) is 7. The van der Waals surface area contributed by atoms with E-state index in [0.717, 1.165) is 43.1 Å². The smallest absolute Gasteiger partial charge is 0.293 e. The third kappa shape index (κ3) is 4.58. The minimum Gasteiger partial charge on any atom is -0.412 e. The maximum absolute atomic E-state index is 13.3. The number of nitrogens with zero attached hydrogens (tertiary/aromatic N) is 4. The summed E-state index contributed by atoms with van der Waals surface area (Å²) >= 11 is 12.7. The molecule has 0 aliphatic carbocycles. The fourth-order valence-electron chi connectivity index (χ4n) is 4.19. The second-order valence-electron chi connectivity index (χ2n) is 8.19. The molecule has 2 aromatic heterocycles. The number of nitrogens with two attached hydrogens (primary N) is 1. The number of rotatable bonds is 5. The molecule has 1 aliphatic rings. The minimum atomic E-state index is -0.458. The molecule has 0 atom stereocenters. The molecule has 5 rings (SSSR count). The molecule has 2 N–H and O–H groups in total. The zero-order valence-corrected chi connectivity index (χ0v) is 20.5. The van der Waals surface area contributed by atoms with Crippen molar-refractivity contribution in [2.75, 3.05) is 39.1 Å². The van der Waals surface area contributed by atoms with Gasteiger partial charge in [0.2, 0.25) is 0 Å². The van der Waals surface area contributed by atoms with E-state index in [2.05, 4.69) is 14.9 Å². The minimum absolute atomic E-state index is 0.206. The summed E-state index contributed by atoms with van der Waals surface area (Å²) in [5, 5.41) is 1.12. The molecule has 8 nitrogen and oxygen atoms in total. The van der Waals surface area contributed by atoms with Crippen molar-refractivity contribution in [2.24, 2.45) is 0 Å². The third-order valence-corrected chi connectivity index (χ3v) is 6.62. The number of benzene rings is 2. The predicted molar refractivity (Wildman–Crippen MR) is 138 cm³/mol. The fraction of sp³-hybridized carbons (Fsp3) is 0.240. The molecular formula is C25H23Cl2N5O3. The Bertz CT molecular complexity index is 1430. The Hall–Kier alpha value is -3.17. The monoisotopic (exact) mass is 511 g/mol. The van der Waals surface area contributed by atoms with E-state index in [4.69, 9.17) is 38.5 Å². The molecule has 35 heavy (non-hydrogen) atoms. The van der Waals surface area contributed by atoms with Crippen LogP contribution in [0.3, 0.4) is 0 Å². The summed E-state index contributed by atoms with van der Waals surface area (Å²) in [7, 11) is 1.39. The van der Waals surface area contributed by atoms with E-state index >= 15 is 0 Å². The highest BCUT2D eigenvalue weighted by Gasteiger charge is 2.20. The first-order chi connectivity index (χ1) is 17.0. The molecule has 0 saturated carbocycles. The molecule has 10 heteroatoms. The van der Waals surface area contributed by atoms with Gasteiger partial charge in [0.1, 0.15) is 12.9 Å². The summed E-state index contributed by atoms with van der Waals surface area (Å²) in [5.41, 5.74) is 8.73. The van der Waals surface area contributed by atoms with E-state index in [-0.39, 0.29) is 17.0 Å². The lowest BCUT2D eigenvalue weighted by atomic mass is 10.1. The highest BCUT2D eigenvalue weighted by Crippen LogP contribution is 2.34. The molecule has 2 aromatic carbocycles. The number of ether oxygens (including phenoxy) is 1. The van der Waals surface area contributed by atoms with Crippen molar-refractivity contribution in [3.05, 3.63) is 74.5 Å². The molecule has 1 fully saturated rings. The highest BCUT2D eigenvalue weighted by molar-refractivity contribution is 6.39. The zero-order chi connectivity index (χ0) is 24.5. The Balaban J connectivity index is 1.56. The van der Waals surface area contributed by atoms with Gasteiger partial charge < -0.3 is 15.3 Å². The molecule has 0 spiro atoms. The highest BCUT2D eigenvalue weighted by atomic mass is 35.5. The molecule has 0 bridgehead atoms. The fourth-order valence-corrected chi connectivity index (χ4v) is 4.79. The first-order valence-electron chi connectivity index (χ1n) is 11.1. The summed E-state index contributed by atoms with van der Waals surface area (Å²) < 4.78 is 6.50. The van der Waals surface area contributed by atoms with Crippen molar-refractivity contribution >= 4 is 40.1 Å². The SMILES string of the molecule is COn1c(=O)c(-c2c(Cl)cccc2Cl)cc2c(N)nc(-c3ccc(CN4CCOCC4)cc3)nc21. The van der Waals surface area contributed by atoms with E-state index in [9.17, 15) is 4.79 Å². The molecule has 0 unspecified atom stereocenters. The molecule has 1 aliphatic heterocycles. The van der Waals surface area contributed by atoms with Crippen LogP contribution in [0.15, 0.2) is 53.3 Å². The van der Waals surface area contributed by atoms with Crippen LogP contribution in [0.2, 0.25) is 10.0 Å². The van der Waals surface area contributed by atoms with Crippen molar-refractivity contribution in [2.45, 2.75) is 6.54 Å². The normalized spacial score (nSPS) is 14.4. The van der Waals surface area contributed by atoms with Crippen LogP contribution in [-0.4, -0.2) is 53.0 Å².